The Labute approximate surface area is 132 Å². The van der Waals surface area contributed by atoms with Crippen molar-refractivity contribution in [3.8, 4) is 5.75 Å². The van der Waals surface area contributed by atoms with Gasteiger partial charge in [-0.05, 0) is 40.2 Å². The largest absolute Gasteiger partial charge is 0.491 e. The first-order valence-electron chi connectivity index (χ1n) is 6.46. The minimum Gasteiger partial charge on any atom is -0.491 e. The molecule has 0 spiro atoms. The molecule has 1 aliphatic rings. The number of hydrogen-bond acceptors (Lipinski definition) is 3. The molecule has 0 saturated heterocycles. The maximum atomic E-state index is 14.3. The molecular formula is C16H17BrFNO2. The lowest BCUT2D eigenvalue weighted by Gasteiger charge is -2.28. The number of likely N-dealkylation sites (N-methyl/N-ethyl adjacent to an activating group) is 1. The van der Waals surface area contributed by atoms with Crippen LogP contribution in [0.2, 0.25) is 0 Å². The van der Waals surface area contributed by atoms with E-state index >= 15 is 0 Å². The van der Waals surface area contributed by atoms with Crippen LogP contribution in [-0.4, -0.2) is 32.3 Å². The highest BCUT2D eigenvalue weighted by atomic mass is 79.9. The summed E-state index contributed by atoms with van der Waals surface area (Å²) < 4.78 is 25.5. The van der Waals surface area contributed by atoms with Crippen LogP contribution in [0, 0.1) is 5.82 Å². The highest BCUT2D eigenvalue weighted by Gasteiger charge is 2.19. The van der Waals surface area contributed by atoms with Gasteiger partial charge >= 0.3 is 0 Å². The van der Waals surface area contributed by atoms with Crippen LogP contribution in [0.3, 0.4) is 0 Å². The zero-order valence-electron chi connectivity index (χ0n) is 12.0. The molecule has 0 radical (unpaired) electrons. The van der Waals surface area contributed by atoms with Crippen molar-refractivity contribution in [2.45, 2.75) is 0 Å². The highest BCUT2D eigenvalue weighted by Crippen LogP contribution is 2.33. The Morgan fingerprint density at radius 2 is 2.05 bits per heavy atom. The molecule has 0 aromatic heterocycles. The molecule has 2 rings (SSSR count). The van der Waals surface area contributed by atoms with Gasteiger partial charge < -0.3 is 14.4 Å². The molecule has 0 saturated carbocycles. The Balaban J connectivity index is 2.23. The van der Waals surface area contributed by atoms with E-state index in [1.54, 1.807) is 19.2 Å². The van der Waals surface area contributed by atoms with E-state index < -0.39 is 0 Å². The number of rotatable bonds is 5. The summed E-state index contributed by atoms with van der Waals surface area (Å²) in [4.78, 5) is 1.84. The Morgan fingerprint density at radius 3 is 2.71 bits per heavy atom. The van der Waals surface area contributed by atoms with Crippen molar-refractivity contribution in [2.75, 3.05) is 27.4 Å². The predicted molar refractivity (Wildman–Crippen MR) is 85.7 cm³/mol. The SMILES string of the molecule is C=C1C(Br)=CC=C(c2ccc(OCCOC)cc2F)N1C. The summed E-state index contributed by atoms with van der Waals surface area (Å²) in [6.45, 7) is 4.82. The lowest BCUT2D eigenvalue weighted by Crippen LogP contribution is -2.18. The van der Waals surface area contributed by atoms with Crippen LogP contribution in [0.5, 0.6) is 5.75 Å². The monoisotopic (exact) mass is 353 g/mol. The summed E-state index contributed by atoms with van der Waals surface area (Å²) in [5, 5.41) is 0. The first kappa shape index (κ1) is 15.8. The molecule has 112 valence electrons. The van der Waals surface area contributed by atoms with Gasteiger partial charge in [0, 0.05) is 36.0 Å². The van der Waals surface area contributed by atoms with Crippen LogP contribution < -0.4 is 4.74 Å². The third-order valence-electron chi connectivity index (χ3n) is 3.20. The third kappa shape index (κ3) is 3.54. The van der Waals surface area contributed by atoms with Crippen molar-refractivity contribution in [2.24, 2.45) is 0 Å². The quantitative estimate of drug-likeness (QED) is 0.748. The van der Waals surface area contributed by atoms with Gasteiger partial charge in [-0.1, -0.05) is 6.58 Å². The molecule has 0 bridgehead atoms. The van der Waals surface area contributed by atoms with Crippen LogP contribution in [0.15, 0.2) is 47.1 Å². The van der Waals surface area contributed by atoms with Crippen molar-refractivity contribution in [1.29, 1.82) is 0 Å². The average molecular weight is 354 g/mol. The van der Waals surface area contributed by atoms with Crippen molar-refractivity contribution in [3.05, 3.63) is 58.5 Å². The number of allylic oxidation sites excluding steroid dienone is 3. The molecule has 0 fully saturated rings. The molecule has 1 heterocycles. The van der Waals surface area contributed by atoms with Crippen molar-refractivity contribution < 1.29 is 13.9 Å². The van der Waals surface area contributed by atoms with Crippen molar-refractivity contribution >= 4 is 21.6 Å². The Kier molecular flexibility index (Phi) is 5.20. The zero-order valence-corrected chi connectivity index (χ0v) is 13.6. The Bertz CT molecular complexity index is 610. The Morgan fingerprint density at radius 1 is 1.29 bits per heavy atom. The van der Waals surface area contributed by atoms with E-state index in [1.807, 2.05) is 24.1 Å². The highest BCUT2D eigenvalue weighted by molar-refractivity contribution is 9.12. The van der Waals surface area contributed by atoms with Crippen molar-refractivity contribution in [1.82, 2.24) is 4.90 Å². The zero-order chi connectivity index (χ0) is 15.4. The maximum Gasteiger partial charge on any atom is 0.136 e. The van der Waals surface area contributed by atoms with Crippen LogP contribution in [0.25, 0.3) is 5.70 Å². The summed E-state index contributed by atoms with van der Waals surface area (Å²) in [5.41, 5.74) is 2.05. The molecule has 1 aromatic rings. The first-order valence-corrected chi connectivity index (χ1v) is 7.26. The molecule has 0 unspecified atom stereocenters. The first-order chi connectivity index (χ1) is 10.0. The van der Waals surface area contributed by atoms with E-state index in [0.29, 0.717) is 24.5 Å². The smallest absolute Gasteiger partial charge is 0.136 e. The average Bonchev–Trinajstić information content (AvgIpc) is 2.46. The molecule has 0 atom stereocenters. The molecular weight excluding hydrogens is 337 g/mol. The minimum absolute atomic E-state index is 0.331. The van der Waals surface area contributed by atoms with Gasteiger partial charge in [-0.25, -0.2) is 4.39 Å². The summed E-state index contributed by atoms with van der Waals surface area (Å²) in [5.74, 6) is 0.158. The van der Waals surface area contributed by atoms with Gasteiger partial charge in [0.1, 0.15) is 18.2 Å². The number of nitrogens with zero attached hydrogens (tertiary/aromatic N) is 1. The number of hydrogen-bond donors (Lipinski definition) is 0. The number of benzene rings is 1. The number of halogens is 2. The second-order valence-electron chi connectivity index (χ2n) is 4.56. The molecule has 21 heavy (non-hydrogen) atoms. The van der Waals surface area contributed by atoms with Gasteiger partial charge in [0.25, 0.3) is 0 Å². The van der Waals surface area contributed by atoms with Gasteiger partial charge in [0.2, 0.25) is 0 Å². The van der Waals surface area contributed by atoms with Gasteiger partial charge in [-0.3, -0.25) is 0 Å². The minimum atomic E-state index is -0.331. The predicted octanol–water partition coefficient (Wildman–Crippen LogP) is 3.93. The molecule has 3 nitrogen and oxygen atoms in total. The molecule has 0 aliphatic carbocycles. The lowest BCUT2D eigenvalue weighted by molar-refractivity contribution is 0.146. The topological polar surface area (TPSA) is 21.7 Å². The normalized spacial score (nSPS) is 14.9. The second kappa shape index (κ2) is 6.91. The van der Waals surface area contributed by atoms with Gasteiger partial charge in [-0.2, -0.15) is 0 Å². The summed E-state index contributed by atoms with van der Waals surface area (Å²) in [6, 6.07) is 4.84. The van der Waals surface area contributed by atoms with E-state index in [2.05, 4.69) is 22.5 Å². The fourth-order valence-electron chi connectivity index (χ4n) is 1.97. The molecule has 5 heteroatoms. The van der Waals surface area contributed by atoms with Crippen molar-refractivity contribution in [3.63, 3.8) is 0 Å². The third-order valence-corrected chi connectivity index (χ3v) is 3.92. The van der Waals surface area contributed by atoms with Crippen LogP contribution >= 0.6 is 15.9 Å². The van der Waals surface area contributed by atoms with Gasteiger partial charge in [0.05, 0.1) is 12.3 Å². The second-order valence-corrected chi connectivity index (χ2v) is 5.41. The molecule has 0 amide bonds. The van der Waals surface area contributed by atoms with Gasteiger partial charge in [-0.15, -0.1) is 0 Å². The van der Waals surface area contributed by atoms with E-state index in [0.717, 1.165) is 15.9 Å². The van der Waals surface area contributed by atoms with E-state index in [9.17, 15) is 4.39 Å². The van der Waals surface area contributed by atoms with E-state index in [-0.39, 0.29) is 5.82 Å². The number of ether oxygens (including phenoxy) is 2. The standard InChI is InChI=1S/C16H17BrFNO2/c1-11-14(17)6-7-16(19(11)2)13-5-4-12(10-15(13)18)21-9-8-20-3/h4-7,10H,1,8-9H2,2-3H3. The molecule has 1 aliphatic heterocycles. The van der Waals surface area contributed by atoms with Crippen LogP contribution in [-0.2, 0) is 4.74 Å². The summed E-state index contributed by atoms with van der Waals surface area (Å²) in [6.07, 6.45) is 3.71. The fraction of sp³-hybridized carbons (Fsp3) is 0.250. The van der Waals surface area contributed by atoms with Gasteiger partial charge in [0.15, 0.2) is 0 Å². The molecule has 1 aromatic carbocycles. The molecule has 0 N–H and O–H groups in total. The van der Waals surface area contributed by atoms with E-state index in [1.165, 1.54) is 6.07 Å². The summed E-state index contributed by atoms with van der Waals surface area (Å²) in [7, 11) is 3.45. The lowest BCUT2D eigenvalue weighted by atomic mass is 10.1. The number of methoxy groups -OCH3 is 1. The maximum absolute atomic E-state index is 14.3. The van der Waals surface area contributed by atoms with Crippen LogP contribution in [0.4, 0.5) is 4.39 Å². The van der Waals surface area contributed by atoms with Crippen LogP contribution in [0.1, 0.15) is 5.56 Å². The fourth-order valence-corrected chi connectivity index (χ4v) is 2.37. The summed E-state index contributed by atoms with van der Waals surface area (Å²) >= 11 is 3.41. The van der Waals surface area contributed by atoms with E-state index in [4.69, 9.17) is 9.47 Å². The Hall–Kier alpha value is -1.59.